The van der Waals surface area contributed by atoms with Crippen LogP contribution in [0, 0.1) is 5.41 Å². The van der Waals surface area contributed by atoms with Crippen LogP contribution in [0.5, 0.6) is 5.75 Å². The lowest BCUT2D eigenvalue weighted by atomic mass is 9.88. The van der Waals surface area contributed by atoms with Gasteiger partial charge in [0.2, 0.25) is 0 Å². The van der Waals surface area contributed by atoms with Crippen molar-refractivity contribution in [2.24, 2.45) is 11.1 Å². The van der Waals surface area contributed by atoms with Crippen molar-refractivity contribution in [1.29, 1.82) is 0 Å². The number of hydrogen-bond acceptors (Lipinski definition) is 3. The molecule has 17 heavy (non-hydrogen) atoms. The monoisotopic (exact) mass is 236 g/mol. The summed E-state index contributed by atoms with van der Waals surface area (Å²) >= 11 is 0. The van der Waals surface area contributed by atoms with Gasteiger partial charge >= 0.3 is 0 Å². The molecule has 0 bridgehead atoms. The second-order valence-corrected chi connectivity index (χ2v) is 5.68. The van der Waals surface area contributed by atoms with Crippen molar-refractivity contribution in [1.82, 2.24) is 4.98 Å². The van der Waals surface area contributed by atoms with Gasteiger partial charge in [-0.15, -0.1) is 0 Å². The first-order chi connectivity index (χ1) is 7.94. The largest absolute Gasteiger partial charge is 0.495 e. The molecule has 0 amide bonds. The number of hydrogen-bond donors (Lipinski definition) is 1. The molecule has 0 aromatic carbocycles. The molecular formula is C14H24N2O. The minimum absolute atomic E-state index is 0.0373. The molecule has 0 spiro atoms. The zero-order valence-electron chi connectivity index (χ0n) is 11.4. The average molecular weight is 236 g/mol. The summed E-state index contributed by atoms with van der Waals surface area (Å²) in [5.74, 6) is 0.788. The normalized spacial score (nSPS) is 13.5. The Morgan fingerprint density at radius 1 is 1.41 bits per heavy atom. The molecule has 0 saturated carbocycles. The molecule has 1 unspecified atom stereocenters. The van der Waals surface area contributed by atoms with Crippen molar-refractivity contribution in [3.8, 4) is 5.75 Å². The standard InChI is InChI=1S/C14H24N2O/c1-14(2,3)8-5-6-12(15)11-7-9-16-10-13(11)17-4/h7,9-10,12H,5-6,8,15H2,1-4H3. The Hall–Kier alpha value is -1.09. The van der Waals surface area contributed by atoms with E-state index in [9.17, 15) is 0 Å². The van der Waals surface area contributed by atoms with E-state index < -0.39 is 0 Å². The van der Waals surface area contributed by atoms with E-state index in [4.69, 9.17) is 10.5 Å². The molecule has 0 aliphatic carbocycles. The van der Waals surface area contributed by atoms with Gasteiger partial charge in [-0.2, -0.15) is 0 Å². The van der Waals surface area contributed by atoms with E-state index in [1.165, 1.54) is 6.42 Å². The second kappa shape index (κ2) is 6.01. The van der Waals surface area contributed by atoms with E-state index in [1.54, 1.807) is 19.5 Å². The van der Waals surface area contributed by atoms with Crippen LogP contribution in [0.2, 0.25) is 0 Å². The highest BCUT2D eigenvalue weighted by atomic mass is 16.5. The molecule has 0 radical (unpaired) electrons. The SMILES string of the molecule is COc1cnccc1C(N)CCCC(C)(C)C. The maximum atomic E-state index is 6.19. The number of aromatic nitrogens is 1. The van der Waals surface area contributed by atoms with Crippen molar-refractivity contribution in [2.75, 3.05) is 7.11 Å². The van der Waals surface area contributed by atoms with Gasteiger partial charge in [-0.1, -0.05) is 27.2 Å². The number of methoxy groups -OCH3 is 1. The summed E-state index contributed by atoms with van der Waals surface area (Å²) in [6.07, 6.45) is 6.79. The van der Waals surface area contributed by atoms with Crippen LogP contribution in [0.4, 0.5) is 0 Å². The van der Waals surface area contributed by atoms with Gasteiger partial charge < -0.3 is 10.5 Å². The minimum atomic E-state index is 0.0373. The van der Waals surface area contributed by atoms with Gasteiger partial charge in [0.05, 0.1) is 13.3 Å². The highest BCUT2D eigenvalue weighted by molar-refractivity contribution is 5.32. The quantitative estimate of drug-likeness (QED) is 0.853. The second-order valence-electron chi connectivity index (χ2n) is 5.68. The van der Waals surface area contributed by atoms with Crippen LogP contribution in [0.3, 0.4) is 0 Å². The van der Waals surface area contributed by atoms with Crippen molar-refractivity contribution >= 4 is 0 Å². The Morgan fingerprint density at radius 2 is 2.12 bits per heavy atom. The molecule has 1 heterocycles. The number of nitrogens with zero attached hydrogens (tertiary/aromatic N) is 1. The lowest BCUT2D eigenvalue weighted by molar-refractivity contribution is 0.350. The molecule has 0 aliphatic rings. The molecule has 0 fully saturated rings. The van der Waals surface area contributed by atoms with Gasteiger partial charge in [0, 0.05) is 17.8 Å². The van der Waals surface area contributed by atoms with E-state index in [2.05, 4.69) is 25.8 Å². The Labute approximate surface area is 104 Å². The number of nitrogens with two attached hydrogens (primary N) is 1. The topological polar surface area (TPSA) is 48.1 Å². The van der Waals surface area contributed by atoms with Gasteiger partial charge in [0.1, 0.15) is 5.75 Å². The fourth-order valence-corrected chi connectivity index (χ4v) is 1.88. The van der Waals surface area contributed by atoms with Gasteiger partial charge in [-0.3, -0.25) is 4.98 Å². The molecule has 0 aliphatic heterocycles. The lowest BCUT2D eigenvalue weighted by Crippen LogP contribution is -2.13. The maximum Gasteiger partial charge on any atom is 0.141 e. The molecule has 3 nitrogen and oxygen atoms in total. The van der Waals surface area contributed by atoms with Gasteiger partial charge in [-0.25, -0.2) is 0 Å². The van der Waals surface area contributed by atoms with Crippen molar-refractivity contribution in [3.05, 3.63) is 24.0 Å². The highest BCUT2D eigenvalue weighted by Crippen LogP contribution is 2.28. The first-order valence-electron chi connectivity index (χ1n) is 6.17. The molecule has 1 atom stereocenters. The zero-order chi connectivity index (χ0) is 12.9. The van der Waals surface area contributed by atoms with Gasteiger partial charge in [-0.05, 0) is 24.3 Å². The smallest absolute Gasteiger partial charge is 0.141 e. The molecule has 1 aromatic heterocycles. The van der Waals surface area contributed by atoms with Crippen LogP contribution in [-0.2, 0) is 0 Å². The van der Waals surface area contributed by atoms with Crippen LogP contribution in [0.25, 0.3) is 0 Å². The third-order valence-electron chi connectivity index (χ3n) is 2.88. The summed E-state index contributed by atoms with van der Waals surface area (Å²) in [5, 5.41) is 0. The van der Waals surface area contributed by atoms with Crippen molar-refractivity contribution in [3.63, 3.8) is 0 Å². The highest BCUT2D eigenvalue weighted by Gasteiger charge is 2.14. The summed E-state index contributed by atoms with van der Waals surface area (Å²) in [6.45, 7) is 6.77. The van der Waals surface area contributed by atoms with E-state index in [-0.39, 0.29) is 6.04 Å². The molecule has 2 N–H and O–H groups in total. The zero-order valence-corrected chi connectivity index (χ0v) is 11.4. The summed E-state index contributed by atoms with van der Waals surface area (Å²) in [4.78, 5) is 4.04. The lowest BCUT2D eigenvalue weighted by Gasteiger charge is -2.20. The Bertz CT molecular complexity index is 344. The van der Waals surface area contributed by atoms with E-state index >= 15 is 0 Å². The average Bonchev–Trinajstić information content (AvgIpc) is 2.27. The third-order valence-corrected chi connectivity index (χ3v) is 2.88. The fraction of sp³-hybridized carbons (Fsp3) is 0.643. The maximum absolute atomic E-state index is 6.19. The van der Waals surface area contributed by atoms with E-state index in [0.29, 0.717) is 5.41 Å². The van der Waals surface area contributed by atoms with E-state index in [0.717, 1.165) is 24.2 Å². The van der Waals surface area contributed by atoms with E-state index in [1.807, 2.05) is 6.07 Å². The van der Waals surface area contributed by atoms with Crippen LogP contribution < -0.4 is 10.5 Å². The number of pyridine rings is 1. The summed E-state index contributed by atoms with van der Waals surface area (Å²) < 4.78 is 5.27. The number of ether oxygens (including phenoxy) is 1. The van der Waals surface area contributed by atoms with Crippen LogP contribution in [0.1, 0.15) is 51.6 Å². The van der Waals surface area contributed by atoms with Crippen LogP contribution >= 0.6 is 0 Å². The molecule has 0 saturated heterocycles. The number of rotatable bonds is 5. The summed E-state index contributed by atoms with van der Waals surface area (Å²) in [7, 11) is 1.66. The third kappa shape index (κ3) is 4.73. The van der Waals surface area contributed by atoms with Crippen LogP contribution in [0.15, 0.2) is 18.5 Å². The van der Waals surface area contributed by atoms with Gasteiger partial charge in [0.25, 0.3) is 0 Å². The minimum Gasteiger partial charge on any atom is -0.495 e. The Balaban J connectivity index is 2.55. The molecular weight excluding hydrogens is 212 g/mol. The molecule has 96 valence electrons. The Morgan fingerprint density at radius 3 is 2.71 bits per heavy atom. The molecule has 1 rings (SSSR count). The summed E-state index contributed by atoms with van der Waals surface area (Å²) in [5.41, 5.74) is 7.62. The summed E-state index contributed by atoms with van der Waals surface area (Å²) in [6, 6.07) is 1.98. The predicted molar refractivity (Wildman–Crippen MR) is 71.0 cm³/mol. The van der Waals surface area contributed by atoms with Crippen molar-refractivity contribution in [2.45, 2.75) is 46.1 Å². The Kier molecular flexibility index (Phi) is 4.94. The van der Waals surface area contributed by atoms with Crippen molar-refractivity contribution < 1.29 is 4.74 Å². The van der Waals surface area contributed by atoms with Gasteiger partial charge in [0.15, 0.2) is 0 Å². The first kappa shape index (κ1) is 14.0. The first-order valence-corrected chi connectivity index (χ1v) is 6.17. The van der Waals surface area contributed by atoms with Crippen LogP contribution in [-0.4, -0.2) is 12.1 Å². The molecule has 1 aromatic rings. The predicted octanol–water partition coefficient (Wildman–Crippen LogP) is 3.31. The molecule has 3 heteroatoms. The fourth-order valence-electron chi connectivity index (χ4n) is 1.88.